The van der Waals surface area contributed by atoms with Crippen LogP contribution in [-0.2, 0) is 4.74 Å². The van der Waals surface area contributed by atoms with E-state index in [9.17, 15) is 10.2 Å². The van der Waals surface area contributed by atoms with Crippen LogP contribution in [0.5, 0.6) is 11.5 Å². The Balaban J connectivity index is 2.22. The summed E-state index contributed by atoms with van der Waals surface area (Å²) in [6, 6.07) is 4.84. The SMILES string of the molecule is CC(c1c(O)cccc1O)N1C[C@@H](C)O[C@@H](C)C1. The molecule has 100 valence electrons. The Kier molecular flexibility index (Phi) is 3.78. The van der Waals surface area contributed by atoms with E-state index >= 15 is 0 Å². The van der Waals surface area contributed by atoms with Gasteiger partial charge >= 0.3 is 0 Å². The van der Waals surface area contributed by atoms with Crippen molar-refractivity contribution in [3.05, 3.63) is 23.8 Å². The Bertz CT molecular complexity index is 391. The van der Waals surface area contributed by atoms with E-state index in [0.29, 0.717) is 5.56 Å². The fourth-order valence-electron chi connectivity index (χ4n) is 2.69. The lowest BCUT2D eigenvalue weighted by Gasteiger charge is -2.39. The third-order valence-corrected chi connectivity index (χ3v) is 3.47. The molecule has 1 fully saturated rings. The molecule has 1 aromatic carbocycles. The summed E-state index contributed by atoms with van der Waals surface area (Å²) in [5.41, 5.74) is 0.596. The van der Waals surface area contributed by atoms with Gasteiger partial charge in [-0.15, -0.1) is 0 Å². The van der Waals surface area contributed by atoms with Gasteiger partial charge < -0.3 is 14.9 Å². The number of aromatic hydroxyl groups is 2. The van der Waals surface area contributed by atoms with E-state index < -0.39 is 0 Å². The van der Waals surface area contributed by atoms with Crippen molar-refractivity contribution in [2.24, 2.45) is 0 Å². The highest BCUT2D eigenvalue weighted by molar-refractivity contribution is 5.45. The number of morpholine rings is 1. The summed E-state index contributed by atoms with van der Waals surface area (Å²) in [6.45, 7) is 7.69. The Hall–Kier alpha value is -1.26. The number of rotatable bonds is 2. The van der Waals surface area contributed by atoms with Crippen LogP contribution in [0.4, 0.5) is 0 Å². The highest BCUT2D eigenvalue weighted by Gasteiger charge is 2.28. The van der Waals surface area contributed by atoms with Crippen molar-refractivity contribution >= 4 is 0 Å². The molecule has 0 radical (unpaired) electrons. The van der Waals surface area contributed by atoms with Crippen LogP contribution >= 0.6 is 0 Å². The van der Waals surface area contributed by atoms with Gasteiger partial charge in [0.2, 0.25) is 0 Å². The predicted molar refractivity (Wildman–Crippen MR) is 69.8 cm³/mol. The van der Waals surface area contributed by atoms with Crippen molar-refractivity contribution in [1.82, 2.24) is 4.90 Å². The first-order chi connectivity index (χ1) is 8.49. The fraction of sp³-hybridized carbons (Fsp3) is 0.571. The maximum Gasteiger partial charge on any atom is 0.124 e. The molecular formula is C14H21NO3. The summed E-state index contributed by atoms with van der Waals surface area (Å²) in [7, 11) is 0. The molecule has 1 aromatic rings. The molecule has 0 aliphatic carbocycles. The lowest BCUT2D eigenvalue weighted by atomic mass is 10.0. The molecule has 1 unspecified atom stereocenters. The van der Waals surface area contributed by atoms with Crippen molar-refractivity contribution in [3.63, 3.8) is 0 Å². The number of phenolic OH excluding ortho intramolecular Hbond substituents is 2. The van der Waals surface area contributed by atoms with Crippen LogP contribution in [0.3, 0.4) is 0 Å². The van der Waals surface area contributed by atoms with Crippen LogP contribution in [0, 0.1) is 0 Å². The maximum absolute atomic E-state index is 9.91. The first kappa shape index (κ1) is 13.2. The van der Waals surface area contributed by atoms with Crippen LogP contribution in [0.15, 0.2) is 18.2 Å². The second-order valence-electron chi connectivity index (χ2n) is 5.10. The van der Waals surface area contributed by atoms with Gasteiger partial charge in [-0.1, -0.05) is 6.07 Å². The van der Waals surface area contributed by atoms with Crippen LogP contribution in [0.25, 0.3) is 0 Å². The molecule has 1 aliphatic heterocycles. The largest absolute Gasteiger partial charge is 0.507 e. The number of hydrogen-bond acceptors (Lipinski definition) is 4. The zero-order chi connectivity index (χ0) is 13.3. The van der Waals surface area contributed by atoms with E-state index in [4.69, 9.17) is 4.74 Å². The minimum Gasteiger partial charge on any atom is -0.507 e. The maximum atomic E-state index is 9.91. The van der Waals surface area contributed by atoms with Gasteiger partial charge in [-0.3, -0.25) is 4.90 Å². The second-order valence-corrected chi connectivity index (χ2v) is 5.10. The Labute approximate surface area is 108 Å². The van der Waals surface area contributed by atoms with Crippen molar-refractivity contribution in [2.45, 2.75) is 39.0 Å². The molecule has 0 amide bonds. The van der Waals surface area contributed by atoms with Gasteiger partial charge in [-0.25, -0.2) is 0 Å². The number of ether oxygens (including phenoxy) is 1. The van der Waals surface area contributed by atoms with E-state index in [-0.39, 0.29) is 29.7 Å². The van der Waals surface area contributed by atoms with Crippen molar-refractivity contribution in [2.75, 3.05) is 13.1 Å². The highest BCUT2D eigenvalue weighted by Crippen LogP contribution is 2.36. The lowest BCUT2D eigenvalue weighted by molar-refractivity contribution is -0.0793. The first-order valence-electron chi connectivity index (χ1n) is 6.39. The zero-order valence-corrected chi connectivity index (χ0v) is 11.1. The standard InChI is InChI=1S/C14H21NO3/c1-9-7-15(8-10(2)18-9)11(3)14-12(16)5-4-6-13(14)17/h4-6,9-11,16-17H,7-8H2,1-3H3/t9-,10+,11?. The molecule has 1 heterocycles. The molecular weight excluding hydrogens is 230 g/mol. The fourth-order valence-corrected chi connectivity index (χ4v) is 2.69. The number of hydrogen-bond donors (Lipinski definition) is 2. The van der Waals surface area contributed by atoms with Crippen molar-refractivity contribution in [3.8, 4) is 11.5 Å². The Morgan fingerprint density at radius 2 is 1.67 bits per heavy atom. The summed E-state index contributed by atoms with van der Waals surface area (Å²) in [5.74, 6) is 0.295. The average molecular weight is 251 g/mol. The smallest absolute Gasteiger partial charge is 0.124 e. The van der Waals surface area contributed by atoms with Crippen LogP contribution in [0.1, 0.15) is 32.4 Å². The summed E-state index contributed by atoms with van der Waals surface area (Å²) in [5, 5.41) is 19.8. The molecule has 0 saturated carbocycles. The van der Waals surface area contributed by atoms with Gasteiger partial charge in [0.05, 0.1) is 17.8 Å². The molecule has 2 N–H and O–H groups in total. The van der Waals surface area contributed by atoms with Gasteiger partial charge in [-0.05, 0) is 32.9 Å². The van der Waals surface area contributed by atoms with Gasteiger partial charge in [-0.2, -0.15) is 0 Å². The molecule has 2 rings (SSSR count). The molecule has 4 nitrogen and oxygen atoms in total. The molecule has 1 saturated heterocycles. The van der Waals surface area contributed by atoms with Gasteiger partial charge in [0.15, 0.2) is 0 Å². The van der Waals surface area contributed by atoms with Gasteiger partial charge in [0, 0.05) is 19.1 Å². The van der Waals surface area contributed by atoms with Crippen LogP contribution < -0.4 is 0 Å². The normalized spacial score (nSPS) is 27.1. The minimum absolute atomic E-state index is 0.0278. The molecule has 0 bridgehead atoms. The topological polar surface area (TPSA) is 52.9 Å². The number of nitrogens with zero attached hydrogens (tertiary/aromatic N) is 1. The molecule has 0 aromatic heterocycles. The van der Waals surface area contributed by atoms with E-state index in [1.54, 1.807) is 18.2 Å². The Morgan fingerprint density at radius 1 is 1.17 bits per heavy atom. The number of benzene rings is 1. The average Bonchev–Trinajstić information content (AvgIpc) is 2.27. The monoisotopic (exact) mass is 251 g/mol. The molecule has 1 aliphatic rings. The van der Waals surface area contributed by atoms with Gasteiger partial charge in [0.25, 0.3) is 0 Å². The van der Waals surface area contributed by atoms with Gasteiger partial charge in [0.1, 0.15) is 11.5 Å². The van der Waals surface area contributed by atoms with E-state index in [1.807, 2.05) is 20.8 Å². The third kappa shape index (κ3) is 2.60. The predicted octanol–water partition coefficient (Wildman–Crippen LogP) is 2.27. The Morgan fingerprint density at radius 3 is 2.17 bits per heavy atom. The van der Waals surface area contributed by atoms with Crippen LogP contribution in [-0.4, -0.2) is 40.4 Å². The summed E-state index contributed by atoms with van der Waals surface area (Å²) >= 11 is 0. The quantitative estimate of drug-likeness (QED) is 0.846. The van der Waals surface area contributed by atoms with E-state index in [1.165, 1.54) is 0 Å². The van der Waals surface area contributed by atoms with Crippen molar-refractivity contribution < 1.29 is 14.9 Å². The summed E-state index contributed by atoms with van der Waals surface area (Å²) in [4.78, 5) is 2.23. The second kappa shape index (κ2) is 5.16. The summed E-state index contributed by atoms with van der Waals surface area (Å²) in [6.07, 6.45) is 0.341. The molecule has 4 heteroatoms. The minimum atomic E-state index is -0.0278. The molecule has 0 spiro atoms. The van der Waals surface area contributed by atoms with E-state index in [0.717, 1.165) is 13.1 Å². The lowest BCUT2D eigenvalue weighted by Crippen LogP contribution is -2.46. The first-order valence-corrected chi connectivity index (χ1v) is 6.39. The van der Waals surface area contributed by atoms with E-state index in [2.05, 4.69) is 4.90 Å². The third-order valence-electron chi connectivity index (χ3n) is 3.47. The molecule has 18 heavy (non-hydrogen) atoms. The van der Waals surface area contributed by atoms with Crippen LogP contribution in [0.2, 0.25) is 0 Å². The zero-order valence-electron chi connectivity index (χ0n) is 11.1. The number of phenols is 2. The highest BCUT2D eigenvalue weighted by atomic mass is 16.5. The molecule has 3 atom stereocenters. The van der Waals surface area contributed by atoms with Crippen molar-refractivity contribution in [1.29, 1.82) is 0 Å². The summed E-state index contributed by atoms with van der Waals surface area (Å²) < 4.78 is 5.70.